The Bertz CT molecular complexity index is 1120. The van der Waals surface area contributed by atoms with Crippen molar-refractivity contribution >= 4 is 22.8 Å². The maximum absolute atomic E-state index is 13.2. The molecule has 9 heteroatoms. The number of piperazine rings is 1. The third-order valence-electron chi connectivity index (χ3n) is 4.99. The predicted octanol–water partition coefficient (Wildman–Crippen LogP) is 2.03. The van der Waals surface area contributed by atoms with E-state index in [0.717, 1.165) is 36.8 Å². The van der Waals surface area contributed by atoms with Crippen LogP contribution in [0.1, 0.15) is 10.5 Å². The van der Waals surface area contributed by atoms with Gasteiger partial charge in [-0.3, -0.25) is 13.8 Å². The maximum atomic E-state index is 13.2. The minimum absolute atomic E-state index is 0.0255. The summed E-state index contributed by atoms with van der Waals surface area (Å²) in [6, 6.07) is 5.79. The van der Waals surface area contributed by atoms with Crippen molar-refractivity contribution in [2.24, 2.45) is 0 Å². The van der Waals surface area contributed by atoms with Gasteiger partial charge in [0.1, 0.15) is 12.0 Å². The second kappa shape index (κ2) is 6.84. The van der Waals surface area contributed by atoms with E-state index in [2.05, 4.69) is 21.9 Å². The number of thiazole rings is 1. The van der Waals surface area contributed by atoms with E-state index in [1.165, 1.54) is 11.3 Å². The zero-order valence-corrected chi connectivity index (χ0v) is 16.2. The van der Waals surface area contributed by atoms with Crippen LogP contribution in [-0.4, -0.2) is 72.9 Å². The molecule has 0 N–H and O–H groups in total. The zero-order chi connectivity index (χ0) is 19.1. The van der Waals surface area contributed by atoms with Crippen LogP contribution in [0, 0.1) is 0 Å². The number of fused-ring (bicyclic) bond motifs is 1. The second-order valence-electron chi connectivity index (χ2n) is 6.82. The Kier molecular flexibility index (Phi) is 4.18. The molecule has 0 atom stereocenters. The molecule has 1 aliphatic rings. The molecule has 0 radical (unpaired) electrons. The van der Waals surface area contributed by atoms with Crippen LogP contribution >= 0.6 is 11.3 Å². The van der Waals surface area contributed by atoms with Crippen LogP contribution in [0.3, 0.4) is 0 Å². The molecule has 5 rings (SSSR count). The molecule has 1 aliphatic heterocycles. The van der Waals surface area contributed by atoms with E-state index in [1.807, 2.05) is 49.8 Å². The van der Waals surface area contributed by atoms with Crippen molar-refractivity contribution in [3.63, 3.8) is 0 Å². The van der Waals surface area contributed by atoms with Gasteiger partial charge in [-0.2, -0.15) is 0 Å². The van der Waals surface area contributed by atoms with E-state index >= 15 is 0 Å². The normalized spacial score (nSPS) is 15.4. The van der Waals surface area contributed by atoms with Gasteiger partial charge in [0.25, 0.3) is 5.91 Å². The van der Waals surface area contributed by atoms with E-state index < -0.39 is 0 Å². The second-order valence-corrected chi connectivity index (χ2v) is 7.69. The first kappa shape index (κ1) is 17.1. The molecule has 1 saturated heterocycles. The van der Waals surface area contributed by atoms with E-state index in [-0.39, 0.29) is 5.91 Å². The zero-order valence-electron chi connectivity index (χ0n) is 15.4. The van der Waals surface area contributed by atoms with Gasteiger partial charge in [-0.1, -0.05) is 6.07 Å². The number of aromatic nitrogens is 5. The lowest BCUT2D eigenvalue weighted by Crippen LogP contribution is -2.47. The summed E-state index contributed by atoms with van der Waals surface area (Å²) < 4.78 is 3.80. The minimum Gasteiger partial charge on any atom is -0.335 e. The van der Waals surface area contributed by atoms with Gasteiger partial charge < -0.3 is 9.80 Å². The van der Waals surface area contributed by atoms with Crippen molar-refractivity contribution in [1.82, 2.24) is 33.7 Å². The van der Waals surface area contributed by atoms with Gasteiger partial charge in [0.05, 0.1) is 5.52 Å². The first-order valence-corrected chi connectivity index (χ1v) is 9.98. The molecule has 0 spiro atoms. The van der Waals surface area contributed by atoms with Crippen LogP contribution in [0.5, 0.6) is 0 Å². The largest absolute Gasteiger partial charge is 0.335 e. The summed E-state index contributed by atoms with van der Waals surface area (Å²) in [4.78, 5) is 30.8. The van der Waals surface area contributed by atoms with Gasteiger partial charge in [0, 0.05) is 50.1 Å². The standard InChI is InChI=1S/C19H19N7OS/c1-23-7-9-24(10-8-23)18(27)16-15-4-2-3-6-26(15)17(22-16)14-12-25(13-21-14)19-20-5-11-28-19/h2-6,11-13H,7-10H2,1H3. The molecule has 8 nitrogen and oxygen atoms in total. The number of pyridine rings is 1. The first-order chi connectivity index (χ1) is 13.7. The third-order valence-corrected chi connectivity index (χ3v) is 5.78. The monoisotopic (exact) mass is 393 g/mol. The number of rotatable bonds is 3. The molecule has 4 aromatic heterocycles. The lowest BCUT2D eigenvalue weighted by Gasteiger charge is -2.32. The van der Waals surface area contributed by atoms with Crippen molar-refractivity contribution in [1.29, 1.82) is 0 Å². The fraction of sp³-hybridized carbons (Fsp3) is 0.263. The molecule has 5 heterocycles. The predicted molar refractivity (Wildman–Crippen MR) is 107 cm³/mol. The summed E-state index contributed by atoms with van der Waals surface area (Å²) in [6.45, 7) is 3.19. The molecule has 1 fully saturated rings. The highest BCUT2D eigenvalue weighted by atomic mass is 32.1. The van der Waals surface area contributed by atoms with Gasteiger partial charge in [-0.25, -0.2) is 15.0 Å². The topological polar surface area (TPSA) is 71.6 Å². The van der Waals surface area contributed by atoms with Crippen LogP contribution in [0.15, 0.2) is 48.5 Å². The molecule has 0 unspecified atom stereocenters. The van der Waals surface area contributed by atoms with E-state index in [9.17, 15) is 4.79 Å². The van der Waals surface area contributed by atoms with Gasteiger partial charge in [-0.05, 0) is 19.2 Å². The number of hydrogen-bond acceptors (Lipinski definition) is 6. The van der Waals surface area contributed by atoms with Crippen LogP contribution in [-0.2, 0) is 0 Å². The number of nitrogens with zero attached hydrogens (tertiary/aromatic N) is 7. The van der Waals surface area contributed by atoms with Gasteiger partial charge >= 0.3 is 0 Å². The van der Waals surface area contributed by atoms with Gasteiger partial charge in [0.15, 0.2) is 16.6 Å². The van der Waals surface area contributed by atoms with Gasteiger partial charge in [-0.15, -0.1) is 11.3 Å². The third kappa shape index (κ3) is 2.88. The van der Waals surface area contributed by atoms with Crippen molar-refractivity contribution in [2.75, 3.05) is 33.2 Å². The lowest BCUT2D eigenvalue weighted by molar-refractivity contribution is 0.0661. The smallest absolute Gasteiger partial charge is 0.274 e. The molecule has 0 saturated carbocycles. The number of imidazole rings is 2. The number of carbonyl (C=O) groups is 1. The Labute approximate surface area is 165 Å². The SMILES string of the molecule is CN1CCN(C(=O)c2nc(-c3cn(-c4nccs4)cn3)n3ccccc23)CC1. The van der Waals surface area contributed by atoms with E-state index in [0.29, 0.717) is 17.2 Å². The Balaban J connectivity index is 1.55. The highest BCUT2D eigenvalue weighted by Crippen LogP contribution is 2.24. The average Bonchev–Trinajstić information content (AvgIpc) is 3.46. The Hall–Kier alpha value is -3.04. The van der Waals surface area contributed by atoms with Gasteiger partial charge in [0.2, 0.25) is 0 Å². The van der Waals surface area contributed by atoms with Crippen molar-refractivity contribution in [2.45, 2.75) is 0 Å². The van der Waals surface area contributed by atoms with Crippen molar-refractivity contribution < 1.29 is 4.79 Å². The summed E-state index contributed by atoms with van der Waals surface area (Å²) in [5.74, 6) is 0.630. The Morgan fingerprint density at radius 2 is 2.00 bits per heavy atom. The van der Waals surface area contributed by atoms with E-state index in [4.69, 9.17) is 4.98 Å². The maximum Gasteiger partial charge on any atom is 0.274 e. The number of amides is 1. The molecule has 1 amide bonds. The van der Waals surface area contributed by atoms with Crippen LogP contribution in [0.2, 0.25) is 0 Å². The Morgan fingerprint density at radius 3 is 2.79 bits per heavy atom. The summed E-state index contributed by atoms with van der Waals surface area (Å²) in [7, 11) is 2.07. The van der Waals surface area contributed by atoms with E-state index in [1.54, 1.807) is 12.5 Å². The molecule has 0 aromatic carbocycles. The quantitative estimate of drug-likeness (QED) is 0.533. The molecule has 0 aliphatic carbocycles. The summed E-state index contributed by atoms with van der Waals surface area (Å²) in [5, 5.41) is 2.76. The highest BCUT2D eigenvalue weighted by Gasteiger charge is 2.26. The minimum atomic E-state index is -0.0255. The molecule has 0 bridgehead atoms. The van der Waals surface area contributed by atoms with Crippen LogP contribution in [0.25, 0.3) is 22.2 Å². The summed E-state index contributed by atoms with van der Waals surface area (Å²) in [5.41, 5.74) is 1.98. The van der Waals surface area contributed by atoms with Crippen molar-refractivity contribution in [3.8, 4) is 16.6 Å². The van der Waals surface area contributed by atoms with Crippen LogP contribution in [0.4, 0.5) is 0 Å². The lowest BCUT2D eigenvalue weighted by atomic mass is 10.2. The molecule has 28 heavy (non-hydrogen) atoms. The fourth-order valence-corrected chi connectivity index (χ4v) is 4.01. The molecule has 142 valence electrons. The van der Waals surface area contributed by atoms with Crippen molar-refractivity contribution in [3.05, 3.63) is 54.2 Å². The number of carbonyl (C=O) groups excluding carboxylic acids is 1. The number of likely N-dealkylation sites (N-methyl/N-ethyl adjacent to an activating group) is 1. The Morgan fingerprint density at radius 1 is 1.14 bits per heavy atom. The summed E-state index contributed by atoms with van der Waals surface area (Å²) >= 11 is 1.54. The average molecular weight is 393 g/mol. The first-order valence-electron chi connectivity index (χ1n) is 9.10. The number of hydrogen-bond donors (Lipinski definition) is 0. The molecule has 4 aromatic rings. The highest BCUT2D eigenvalue weighted by molar-refractivity contribution is 7.12. The van der Waals surface area contributed by atoms with Crippen LogP contribution < -0.4 is 0 Å². The molecular formula is C19H19N7OS. The fourth-order valence-electron chi connectivity index (χ4n) is 3.42. The molecular weight excluding hydrogens is 374 g/mol. The summed E-state index contributed by atoms with van der Waals surface area (Å²) in [6.07, 6.45) is 7.29.